The van der Waals surface area contributed by atoms with E-state index >= 15 is 0 Å². The molecule has 0 spiro atoms. The second-order valence-electron chi connectivity index (χ2n) is 4.42. The van der Waals surface area contributed by atoms with E-state index in [1.54, 1.807) is 21.3 Å². The molecule has 94 valence electrons. The first-order chi connectivity index (χ1) is 8.14. The zero-order chi connectivity index (χ0) is 12.5. The molecule has 0 saturated heterocycles. The highest BCUT2D eigenvalue weighted by Gasteiger charge is 2.35. The van der Waals surface area contributed by atoms with Gasteiger partial charge in [-0.05, 0) is 37.0 Å². The van der Waals surface area contributed by atoms with Gasteiger partial charge in [0.2, 0.25) is 5.75 Å². The first-order valence-corrected chi connectivity index (χ1v) is 5.74. The van der Waals surface area contributed by atoms with Crippen molar-refractivity contribution < 1.29 is 14.2 Å². The third kappa shape index (κ3) is 1.93. The van der Waals surface area contributed by atoms with Gasteiger partial charge >= 0.3 is 0 Å². The molecule has 0 aromatic heterocycles. The van der Waals surface area contributed by atoms with Gasteiger partial charge < -0.3 is 19.9 Å². The number of hydrogen-bond acceptors (Lipinski definition) is 4. The van der Waals surface area contributed by atoms with Crippen LogP contribution in [0.1, 0.15) is 24.8 Å². The number of nitrogens with two attached hydrogens (primary N) is 1. The molecule has 0 atom stereocenters. The molecule has 1 aliphatic rings. The third-order valence-corrected chi connectivity index (χ3v) is 3.49. The van der Waals surface area contributed by atoms with Crippen LogP contribution < -0.4 is 19.9 Å². The fourth-order valence-electron chi connectivity index (χ4n) is 2.21. The second-order valence-corrected chi connectivity index (χ2v) is 4.42. The standard InChI is InChI=1S/C13H19NO3/c1-15-10-7-9(13(14)5-4-6-13)8-11(16-2)12(10)17-3/h7-8H,4-6,14H2,1-3H3. The van der Waals surface area contributed by atoms with E-state index in [0.717, 1.165) is 18.4 Å². The number of benzene rings is 1. The zero-order valence-corrected chi connectivity index (χ0v) is 10.6. The summed E-state index contributed by atoms with van der Waals surface area (Å²) in [6.45, 7) is 0. The zero-order valence-electron chi connectivity index (χ0n) is 10.6. The second kappa shape index (κ2) is 4.45. The molecule has 0 bridgehead atoms. The summed E-state index contributed by atoms with van der Waals surface area (Å²) in [6.07, 6.45) is 3.18. The number of ether oxygens (including phenoxy) is 3. The molecule has 1 aliphatic carbocycles. The van der Waals surface area contributed by atoms with Gasteiger partial charge in [-0.2, -0.15) is 0 Å². The summed E-state index contributed by atoms with van der Waals surface area (Å²) in [5.41, 5.74) is 7.14. The Bertz CT molecular complexity index is 388. The lowest BCUT2D eigenvalue weighted by molar-refractivity contribution is 0.249. The van der Waals surface area contributed by atoms with Crippen LogP contribution in [0, 0.1) is 0 Å². The molecule has 1 aromatic carbocycles. The van der Waals surface area contributed by atoms with E-state index in [9.17, 15) is 0 Å². The van der Waals surface area contributed by atoms with Gasteiger partial charge in [0.1, 0.15) is 0 Å². The van der Waals surface area contributed by atoms with Gasteiger partial charge in [-0.1, -0.05) is 0 Å². The van der Waals surface area contributed by atoms with Crippen molar-refractivity contribution in [2.45, 2.75) is 24.8 Å². The highest BCUT2D eigenvalue weighted by atomic mass is 16.5. The molecular formula is C13H19NO3. The lowest BCUT2D eigenvalue weighted by atomic mass is 9.72. The Kier molecular flexibility index (Phi) is 3.15. The number of rotatable bonds is 4. The van der Waals surface area contributed by atoms with Crippen molar-refractivity contribution in [3.05, 3.63) is 17.7 Å². The molecule has 1 saturated carbocycles. The average Bonchev–Trinajstić information content (AvgIpc) is 2.33. The molecule has 1 aromatic rings. The van der Waals surface area contributed by atoms with Crippen molar-refractivity contribution in [3.8, 4) is 17.2 Å². The fourth-order valence-corrected chi connectivity index (χ4v) is 2.21. The van der Waals surface area contributed by atoms with Crippen LogP contribution in [0.5, 0.6) is 17.2 Å². The van der Waals surface area contributed by atoms with Gasteiger partial charge in [-0.3, -0.25) is 0 Å². The van der Waals surface area contributed by atoms with Gasteiger partial charge in [-0.25, -0.2) is 0 Å². The summed E-state index contributed by atoms with van der Waals surface area (Å²) >= 11 is 0. The molecule has 2 N–H and O–H groups in total. The molecule has 0 radical (unpaired) electrons. The van der Waals surface area contributed by atoms with E-state index in [1.807, 2.05) is 12.1 Å². The van der Waals surface area contributed by atoms with Crippen molar-refractivity contribution in [3.63, 3.8) is 0 Å². The quantitative estimate of drug-likeness (QED) is 0.870. The molecule has 17 heavy (non-hydrogen) atoms. The van der Waals surface area contributed by atoms with Gasteiger partial charge in [0.15, 0.2) is 11.5 Å². The van der Waals surface area contributed by atoms with Crippen molar-refractivity contribution in [1.29, 1.82) is 0 Å². The van der Waals surface area contributed by atoms with Crippen LogP contribution in [0.15, 0.2) is 12.1 Å². The van der Waals surface area contributed by atoms with Gasteiger partial charge in [0.25, 0.3) is 0 Å². The van der Waals surface area contributed by atoms with Crippen LogP contribution in [0.4, 0.5) is 0 Å². The van der Waals surface area contributed by atoms with Gasteiger partial charge in [-0.15, -0.1) is 0 Å². The smallest absolute Gasteiger partial charge is 0.203 e. The molecule has 4 nitrogen and oxygen atoms in total. The summed E-state index contributed by atoms with van der Waals surface area (Å²) in [4.78, 5) is 0. The summed E-state index contributed by atoms with van der Waals surface area (Å²) in [5.74, 6) is 1.94. The van der Waals surface area contributed by atoms with E-state index in [0.29, 0.717) is 17.2 Å². The highest BCUT2D eigenvalue weighted by molar-refractivity contribution is 5.55. The Morgan fingerprint density at radius 1 is 1.00 bits per heavy atom. The first kappa shape index (κ1) is 12.0. The van der Waals surface area contributed by atoms with Crippen LogP contribution in [0.3, 0.4) is 0 Å². The Hall–Kier alpha value is -1.42. The van der Waals surface area contributed by atoms with Crippen LogP contribution in [0.25, 0.3) is 0 Å². The Morgan fingerprint density at radius 2 is 1.53 bits per heavy atom. The summed E-state index contributed by atoms with van der Waals surface area (Å²) in [7, 11) is 4.83. The normalized spacial score (nSPS) is 17.2. The minimum absolute atomic E-state index is 0.229. The maximum Gasteiger partial charge on any atom is 0.203 e. The molecule has 0 amide bonds. The molecule has 0 heterocycles. The van der Waals surface area contributed by atoms with Crippen LogP contribution in [-0.2, 0) is 5.54 Å². The largest absolute Gasteiger partial charge is 0.493 e. The lowest BCUT2D eigenvalue weighted by Crippen LogP contribution is -2.43. The molecule has 2 rings (SSSR count). The summed E-state index contributed by atoms with van der Waals surface area (Å²) < 4.78 is 15.9. The van der Waals surface area contributed by atoms with Gasteiger partial charge in [0.05, 0.1) is 21.3 Å². The van der Waals surface area contributed by atoms with Crippen LogP contribution in [-0.4, -0.2) is 21.3 Å². The van der Waals surface area contributed by atoms with Crippen LogP contribution >= 0.6 is 0 Å². The third-order valence-electron chi connectivity index (χ3n) is 3.49. The summed E-state index contributed by atoms with van der Waals surface area (Å²) in [6, 6.07) is 3.89. The van der Waals surface area contributed by atoms with E-state index in [4.69, 9.17) is 19.9 Å². The Labute approximate surface area is 102 Å². The fraction of sp³-hybridized carbons (Fsp3) is 0.538. The lowest BCUT2D eigenvalue weighted by Gasteiger charge is -2.39. The van der Waals surface area contributed by atoms with Crippen molar-refractivity contribution in [1.82, 2.24) is 0 Å². The molecule has 4 heteroatoms. The van der Waals surface area contributed by atoms with E-state index in [-0.39, 0.29) is 5.54 Å². The van der Waals surface area contributed by atoms with E-state index in [2.05, 4.69) is 0 Å². The van der Waals surface area contributed by atoms with Gasteiger partial charge in [0, 0.05) is 5.54 Å². The van der Waals surface area contributed by atoms with E-state index < -0.39 is 0 Å². The minimum Gasteiger partial charge on any atom is -0.493 e. The summed E-state index contributed by atoms with van der Waals surface area (Å²) in [5, 5.41) is 0. The van der Waals surface area contributed by atoms with Crippen molar-refractivity contribution in [2.24, 2.45) is 5.73 Å². The predicted molar refractivity (Wildman–Crippen MR) is 65.8 cm³/mol. The minimum atomic E-state index is -0.229. The molecule has 0 aliphatic heterocycles. The van der Waals surface area contributed by atoms with Crippen molar-refractivity contribution >= 4 is 0 Å². The molecular weight excluding hydrogens is 218 g/mol. The average molecular weight is 237 g/mol. The first-order valence-electron chi connectivity index (χ1n) is 5.74. The topological polar surface area (TPSA) is 53.7 Å². The predicted octanol–water partition coefficient (Wildman–Crippen LogP) is 2.05. The highest BCUT2D eigenvalue weighted by Crippen LogP contribution is 2.45. The van der Waals surface area contributed by atoms with Crippen molar-refractivity contribution in [2.75, 3.05) is 21.3 Å². The maximum absolute atomic E-state index is 6.31. The molecule has 1 fully saturated rings. The monoisotopic (exact) mass is 237 g/mol. The Morgan fingerprint density at radius 3 is 1.82 bits per heavy atom. The Balaban J connectivity index is 2.48. The van der Waals surface area contributed by atoms with Crippen LogP contribution in [0.2, 0.25) is 0 Å². The number of hydrogen-bond donors (Lipinski definition) is 1. The van der Waals surface area contributed by atoms with E-state index in [1.165, 1.54) is 6.42 Å². The maximum atomic E-state index is 6.31. The SMILES string of the molecule is COc1cc(C2(N)CCC2)cc(OC)c1OC. The number of methoxy groups -OCH3 is 3. The molecule has 0 unspecified atom stereocenters.